The van der Waals surface area contributed by atoms with E-state index in [0.29, 0.717) is 22.3 Å². The molecular formula is C28H33N3O5S3. The lowest BCUT2D eigenvalue weighted by molar-refractivity contribution is 0.0563. The molecule has 208 valence electrons. The van der Waals surface area contributed by atoms with E-state index in [-0.39, 0.29) is 15.6 Å². The summed E-state index contributed by atoms with van der Waals surface area (Å²) in [7, 11) is -3.92. The summed E-state index contributed by atoms with van der Waals surface area (Å²) in [5.41, 5.74) is 3.10. The van der Waals surface area contributed by atoms with Crippen molar-refractivity contribution in [1.82, 2.24) is 5.32 Å². The summed E-state index contributed by atoms with van der Waals surface area (Å²) in [6.45, 7) is 10.0. The van der Waals surface area contributed by atoms with Crippen LogP contribution in [0.4, 0.5) is 10.5 Å². The molecule has 1 aliphatic rings. The number of nitrogens with zero attached hydrogens (tertiary/aromatic N) is 1. The molecule has 0 unspecified atom stereocenters. The van der Waals surface area contributed by atoms with Gasteiger partial charge in [-0.2, -0.15) is 0 Å². The topological polar surface area (TPSA) is 109 Å². The highest BCUT2D eigenvalue weighted by Crippen LogP contribution is 2.39. The largest absolute Gasteiger partial charge is 0.444 e. The monoisotopic (exact) mass is 587 g/mol. The number of benzene rings is 2. The molecule has 0 saturated carbocycles. The molecule has 0 aliphatic carbocycles. The van der Waals surface area contributed by atoms with Gasteiger partial charge in [-0.25, -0.2) is 13.2 Å². The van der Waals surface area contributed by atoms with Gasteiger partial charge in [-0.3, -0.25) is 10.7 Å². The molecule has 11 heteroatoms. The van der Waals surface area contributed by atoms with Crippen molar-refractivity contribution >= 4 is 50.6 Å². The lowest BCUT2D eigenvalue weighted by atomic mass is 9.98. The first kappa shape index (κ1) is 29.1. The molecule has 2 N–H and O–H groups in total. The number of hydrogen-bond acceptors (Lipinski definition) is 9. The number of sulfone groups is 1. The summed E-state index contributed by atoms with van der Waals surface area (Å²) in [6.07, 6.45) is 1.02. The maximum atomic E-state index is 13.9. The van der Waals surface area contributed by atoms with Gasteiger partial charge in [0.05, 0.1) is 32.1 Å². The Morgan fingerprint density at radius 3 is 2.46 bits per heavy atom. The Bertz CT molecular complexity index is 1490. The van der Waals surface area contributed by atoms with E-state index in [2.05, 4.69) is 16.3 Å². The van der Waals surface area contributed by atoms with E-state index in [1.165, 1.54) is 17.8 Å². The van der Waals surface area contributed by atoms with Crippen LogP contribution in [0.2, 0.25) is 0 Å². The third-order valence-electron chi connectivity index (χ3n) is 6.08. The number of alkyl carbamates (subject to hydrolysis) is 1. The second-order valence-electron chi connectivity index (χ2n) is 10.1. The maximum absolute atomic E-state index is 13.9. The van der Waals surface area contributed by atoms with Crippen LogP contribution in [0.3, 0.4) is 0 Å². The molecule has 0 atom stereocenters. The zero-order valence-electron chi connectivity index (χ0n) is 22.7. The van der Waals surface area contributed by atoms with E-state index < -0.39 is 21.5 Å². The molecule has 2 heterocycles. The number of amides is 1. The highest BCUT2D eigenvalue weighted by atomic mass is 32.2. The predicted molar refractivity (Wildman–Crippen MR) is 157 cm³/mol. The van der Waals surface area contributed by atoms with E-state index in [1.54, 1.807) is 39.2 Å². The third-order valence-corrected chi connectivity index (χ3v) is 10.4. The van der Waals surface area contributed by atoms with Crippen LogP contribution in [0, 0.1) is 12.3 Å². The lowest BCUT2D eigenvalue weighted by Gasteiger charge is -2.31. The fraction of sp³-hybridized carbons (Fsp3) is 0.357. The number of amidine groups is 1. The number of morpholine rings is 1. The Hall–Kier alpha value is -2.86. The number of ether oxygens (including phenoxy) is 2. The standard InChI is InChI=1S/C28H33N3O5S3/c1-18-10-11-19(16-21(18)20-8-6-7-9-22(20)31-12-14-35-15-13-31)39(33,34)24-17-23(38-26(24)37-5)25(29)30-27(32)36-28(2,3)4/h6-11,16-17H,12-15H2,1-5H3,(H2,29,30,32). The zero-order chi connectivity index (χ0) is 28.4. The van der Waals surface area contributed by atoms with Crippen LogP contribution in [0.5, 0.6) is 0 Å². The molecule has 1 aromatic heterocycles. The molecule has 2 aromatic carbocycles. The van der Waals surface area contributed by atoms with Gasteiger partial charge in [-0.15, -0.1) is 23.1 Å². The highest BCUT2D eigenvalue weighted by molar-refractivity contribution is 8.01. The summed E-state index contributed by atoms with van der Waals surface area (Å²) < 4.78 is 39.1. The van der Waals surface area contributed by atoms with Gasteiger partial charge < -0.3 is 14.4 Å². The van der Waals surface area contributed by atoms with E-state index >= 15 is 0 Å². The molecule has 1 saturated heterocycles. The van der Waals surface area contributed by atoms with Crippen molar-refractivity contribution in [2.75, 3.05) is 37.5 Å². The maximum Gasteiger partial charge on any atom is 0.413 e. The smallest absolute Gasteiger partial charge is 0.413 e. The molecular weight excluding hydrogens is 555 g/mol. The molecule has 8 nitrogen and oxygen atoms in total. The van der Waals surface area contributed by atoms with Gasteiger partial charge in [0.1, 0.15) is 11.4 Å². The minimum atomic E-state index is -3.92. The van der Waals surface area contributed by atoms with Gasteiger partial charge >= 0.3 is 6.09 Å². The zero-order valence-corrected chi connectivity index (χ0v) is 25.1. The Kier molecular flexibility index (Phi) is 8.75. The molecule has 1 aliphatic heterocycles. The van der Waals surface area contributed by atoms with E-state index in [1.807, 2.05) is 31.2 Å². The van der Waals surface area contributed by atoms with Crippen molar-refractivity contribution in [3.05, 3.63) is 59.0 Å². The van der Waals surface area contributed by atoms with Crippen LogP contribution in [-0.4, -0.2) is 58.5 Å². The van der Waals surface area contributed by atoms with Crippen molar-refractivity contribution in [2.24, 2.45) is 0 Å². The molecule has 3 aromatic rings. The van der Waals surface area contributed by atoms with Gasteiger partial charge in [-0.05, 0) is 69.3 Å². The number of thiophene rings is 1. The van der Waals surface area contributed by atoms with E-state index in [0.717, 1.165) is 46.8 Å². The number of carbonyl (C=O) groups is 1. The average molecular weight is 588 g/mol. The van der Waals surface area contributed by atoms with E-state index in [9.17, 15) is 13.2 Å². The molecule has 1 fully saturated rings. The van der Waals surface area contributed by atoms with Gasteiger partial charge in [-0.1, -0.05) is 24.3 Å². The average Bonchev–Trinajstić information content (AvgIpc) is 3.34. The Labute approximate surface area is 238 Å². The van der Waals surface area contributed by atoms with Gasteiger partial charge in [0.25, 0.3) is 0 Å². The van der Waals surface area contributed by atoms with E-state index in [4.69, 9.17) is 14.9 Å². The molecule has 0 bridgehead atoms. The number of carbonyl (C=O) groups excluding carboxylic acids is 1. The molecule has 0 radical (unpaired) electrons. The molecule has 4 rings (SSSR count). The van der Waals surface area contributed by atoms with Crippen molar-refractivity contribution in [3.63, 3.8) is 0 Å². The number of nitrogens with one attached hydrogen (secondary N) is 2. The van der Waals surface area contributed by atoms with Gasteiger partial charge in [0, 0.05) is 24.3 Å². The highest BCUT2D eigenvalue weighted by Gasteiger charge is 2.27. The normalized spacial score (nSPS) is 14.2. The first-order chi connectivity index (χ1) is 18.4. The van der Waals surface area contributed by atoms with Crippen molar-refractivity contribution < 1.29 is 22.7 Å². The second kappa shape index (κ2) is 11.7. The van der Waals surface area contributed by atoms with Crippen LogP contribution in [0.25, 0.3) is 11.1 Å². The number of rotatable bonds is 6. The minimum absolute atomic E-state index is 0.113. The van der Waals surface area contributed by atoms with Crippen LogP contribution < -0.4 is 10.2 Å². The summed E-state index contributed by atoms with van der Waals surface area (Å²) in [6, 6.07) is 14.7. The number of thioether (sulfide) groups is 1. The number of aryl methyl sites for hydroxylation is 1. The first-order valence-electron chi connectivity index (χ1n) is 12.5. The van der Waals surface area contributed by atoms with Crippen LogP contribution in [0.15, 0.2) is 62.5 Å². The second-order valence-corrected chi connectivity index (χ2v) is 14.1. The quantitative estimate of drug-likeness (QED) is 0.208. The number of para-hydroxylation sites is 1. The number of hydrogen-bond donors (Lipinski definition) is 2. The Morgan fingerprint density at radius 1 is 1.10 bits per heavy atom. The van der Waals surface area contributed by atoms with Crippen molar-refractivity contribution in [1.29, 1.82) is 5.41 Å². The fourth-order valence-electron chi connectivity index (χ4n) is 4.24. The lowest BCUT2D eigenvalue weighted by Crippen LogP contribution is -2.36. The molecule has 0 spiro atoms. The van der Waals surface area contributed by atoms with Gasteiger partial charge in [0.2, 0.25) is 9.84 Å². The molecule has 1 amide bonds. The summed E-state index contributed by atoms with van der Waals surface area (Å²) in [5.74, 6) is -0.213. The first-order valence-corrected chi connectivity index (χ1v) is 16.0. The number of anilines is 1. The van der Waals surface area contributed by atoms with Crippen molar-refractivity contribution in [2.45, 2.75) is 47.3 Å². The van der Waals surface area contributed by atoms with Crippen LogP contribution in [-0.2, 0) is 19.3 Å². The summed E-state index contributed by atoms with van der Waals surface area (Å²) in [4.78, 5) is 15.0. The van der Waals surface area contributed by atoms with Crippen LogP contribution >= 0.6 is 23.1 Å². The summed E-state index contributed by atoms with van der Waals surface area (Å²) in [5, 5.41) is 10.7. The Balaban J connectivity index is 1.70. The summed E-state index contributed by atoms with van der Waals surface area (Å²) >= 11 is 2.43. The van der Waals surface area contributed by atoms with Crippen molar-refractivity contribution in [3.8, 4) is 11.1 Å². The SMILES string of the molecule is CSc1sc(C(=N)NC(=O)OC(C)(C)C)cc1S(=O)(=O)c1ccc(C)c(-c2ccccc2N2CCOCC2)c1. The molecule has 39 heavy (non-hydrogen) atoms. The Morgan fingerprint density at radius 2 is 1.79 bits per heavy atom. The fourth-order valence-corrected chi connectivity index (χ4v) is 8.17. The van der Waals surface area contributed by atoms with Gasteiger partial charge in [0.15, 0.2) is 0 Å². The third kappa shape index (κ3) is 6.66. The predicted octanol–water partition coefficient (Wildman–Crippen LogP) is 5.96. The van der Waals surface area contributed by atoms with Crippen LogP contribution in [0.1, 0.15) is 31.2 Å². The minimum Gasteiger partial charge on any atom is -0.444 e.